The van der Waals surface area contributed by atoms with Crippen LogP contribution in [0.4, 0.5) is 4.79 Å². The van der Waals surface area contributed by atoms with Crippen molar-refractivity contribution in [1.29, 1.82) is 0 Å². The fraction of sp³-hybridized carbons (Fsp3) is 0.487. The molecule has 4 saturated carbocycles. The lowest BCUT2D eigenvalue weighted by Crippen LogP contribution is -2.41. The van der Waals surface area contributed by atoms with Crippen molar-refractivity contribution in [3.8, 4) is 23.0 Å². The van der Waals surface area contributed by atoms with Crippen molar-refractivity contribution in [1.82, 2.24) is 19.6 Å². The van der Waals surface area contributed by atoms with Gasteiger partial charge in [-0.05, 0) is 353 Å². The summed E-state index contributed by atoms with van der Waals surface area (Å²) >= 11 is 0. The third kappa shape index (κ3) is 23.4. The number of hydrogen-bond acceptors (Lipinski definition) is 21. The van der Waals surface area contributed by atoms with E-state index in [0.29, 0.717) is 76.4 Å². The molecule has 4 aliphatic carbocycles. The first-order valence-electron chi connectivity index (χ1n) is 49.9. The average molecular weight is 1850 g/mol. The molecule has 4 aromatic heterocycles. The molecule has 8 fully saturated rings. The number of furan rings is 4. The number of carbonyl (C=O) groups is 10. The molecule has 2 amide bonds. The Morgan fingerprint density at radius 3 is 0.824 bits per heavy atom. The lowest BCUT2D eigenvalue weighted by molar-refractivity contribution is -0.132. The number of fused-ring (bicyclic) bond motifs is 12. The molecular formula is C113H130N4O19. The second-order valence-electron chi connectivity index (χ2n) is 40.5. The lowest BCUT2D eigenvalue weighted by atomic mass is 9.81. The monoisotopic (exact) mass is 1850 g/mol. The molecule has 716 valence electrons. The van der Waals surface area contributed by atoms with Crippen LogP contribution in [0.5, 0.6) is 23.0 Å². The summed E-state index contributed by atoms with van der Waals surface area (Å²) in [4.78, 5) is 129. The quantitative estimate of drug-likeness (QED) is 0.0401. The Bertz CT molecular complexity index is 6200. The molecule has 23 nitrogen and oxygen atoms in total. The summed E-state index contributed by atoms with van der Waals surface area (Å²) < 4.78 is 52.9. The van der Waals surface area contributed by atoms with Crippen molar-refractivity contribution in [2.45, 2.75) is 237 Å². The summed E-state index contributed by atoms with van der Waals surface area (Å²) in [6.45, 7) is 18.2. The van der Waals surface area contributed by atoms with Crippen molar-refractivity contribution < 1.29 is 89.3 Å². The van der Waals surface area contributed by atoms with Crippen molar-refractivity contribution in [2.24, 2.45) is 23.7 Å². The van der Waals surface area contributed by atoms with E-state index in [2.05, 4.69) is 48.2 Å². The first-order chi connectivity index (χ1) is 65.8. The zero-order chi connectivity index (χ0) is 94.7. The molecule has 136 heavy (non-hydrogen) atoms. The van der Waals surface area contributed by atoms with Gasteiger partial charge in [-0.3, -0.25) is 43.2 Å². The molecule has 8 aromatic carbocycles. The van der Waals surface area contributed by atoms with Gasteiger partial charge in [0.25, 0.3) is 0 Å². The van der Waals surface area contributed by atoms with Crippen molar-refractivity contribution in [3.05, 3.63) is 169 Å². The number of likely N-dealkylation sites (tertiary alicyclic amines) is 4. The number of rotatable bonds is 24. The van der Waals surface area contributed by atoms with Gasteiger partial charge in [-0.15, -0.1) is 0 Å². The van der Waals surface area contributed by atoms with E-state index in [0.717, 1.165) is 248 Å². The van der Waals surface area contributed by atoms with Gasteiger partial charge in [0.05, 0.1) is 77.2 Å². The van der Waals surface area contributed by atoms with Crippen LogP contribution in [0.1, 0.15) is 253 Å². The average Bonchev–Trinajstić information content (AvgIpc) is 1.65. The molecule has 0 spiro atoms. The van der Waals surface area contributed by atoms with Gasteiger partial charge < -0.3 is 61.0 Å². The van der Waals surface area contributed by atoms with Crippen molar-refractivity contribution >= 4 is 145 Å². The molecule has 20 rings (SSSR count). The number of amides is 2. The number of piperidine rings is 4. The maximum absolute atomic E-state index is 12.6. The standard InChI is InChI=1S/C31H37NO6.C28H31NO5.2C27H31NO4/c1-31(2,3)38-30(35)32-14-12-20(13-15-32)5-4-16-36-23-8-10-24-21(17-23)6-11-28-29(24)26(19-37-28)25-9-7-22(33)18-27(25)34;1-18(30)29-12-10-19(11-13-29)3-2-14-33-22-6-8-23-20(15-22)4-9-27-28(23)25(17-34-27)24-7-5-21(31)16-26(24)32;2*1-28-12-10-18(11-13-28)3-2-14-31-21-6-8-22-19(15-21)4-9-26-27(22)24(17-32-26)23-7-5-20(29)16-25(23)30/h6,8,10-11,17,19-20,25H,4-5,7,9,12-16,18H2,1-3H3;4,6,8-9,15,17,19,24H,2-3,5,7,10-14,16H2,1H3;2*4,6,8-9,15,17-18,23H,2-3,5,7,10-14,16H2,1H3/t25-;24-;2*23-/m1010/s1. The molecule has 8 heterocycles. The number of hydrogen-bond donors (Lipinski definition) is 0. The highest BCUT2D eigenvalue weighted by Gasteiger charge is 2.37. The number of carbonyl (C=O) groups excluding carboxylic acids is 10. The van der Waals surface area contributed by atoms with E-state index in [1.165, 1.54) is 64.7 Å². The summed E-state index contributed by atoms with van der Waals surface area (Å²) in [5, 5.41) is 12.3. The molecule has 4 saturated heterocycles. The maximum Gasteiger partial charge on any atom is 0.410 e. The van der Waals surface area contributed by atoms with Gasteiger partial charge in [0.2, 0.25) is 5.91 Å². The number of benzene rings is 8. The van der Waals surface area contributed by atoms with Crippen LogP contribution in [-0.2, 0) is 47.9 Å². The van der Waals surface area contributed by atoms with Gasteiger partial charge in [-0.1, -0.05) is 24.3 Å². The molecule has 23 heteroatoms. The molecule has 0 N–H and O–H groups in total. The van der Waals surface area contributed by atoms with E-state index in [-0.39, 0.29) is 108 Å². The molecule has 8 aliphatic rings. The number of nitrogens with zero attached hydrogens (tertiary/aromatic N) is 4. The maximum atomic E-state index is 12.6. The van der Waals surface area contributed by atoms with Gasteiger partial charge >= 0.3 is 6.09 Å². The molecule has 12 aromatic rings. The molecule has 0 unspecified atom stereocenters. The minimum Gasteiger partial charge on any atom is -0.494 e. The van der Waals surface area contributed by atoms with Gasteiger partial charge in [0, 0.05) is 126 Å². The van der Waals surface area contributed by atoms with Crippen LogP contribution in [-0.4, -0.2) is 176 Å². The number of Topliss-reactive ketones (excluding diaryl/α,β-unsaturated/α-hetero) is 8. The van der Waals surface area contributed by atoms with Gasteiger partial charge in [-0.2, -0.15) is 0 Å². The third-order valence-electron chi connectivity index (χ3n) is 29.7. The van der Waals surface area contributed by atoms with Gasteiger partial charge in [-0.25, -0.2) is 4.79 Å². The Kier molecular flexibility index (Phi) is 30.8. The van der Waals surface area contributed by atoms with E-state index >= 15 is 0 Å². The molecule has 4 atom stereocenters. The van der Waals surface area contributed by atoms with Crippen molar-refractivity contribution in [3.63, 3.8) is 0 Å². The molecular weight excluding hydrogens is 1720 g/mol. The smallest absolute Gasteiger partial charge is 0.410 e. The largest absolute Gasteiger partial charge is 0.494 e. The minimum atomic E-state index is -0.461. The van der Waals surface area contributed by atoms with Crippen LogP contribution in [0.2, 0.25) is 0 Å². The van der Waals surface area contributed by atoms with Crippen LogP contribution in [0.15, 0.2) is 164 Å². The lowest BCUT2D eigenvalue weighted by Gasteiger charge is -2.33. The van der Waals surface area contributed by atoms with E-state index in [1.54, 1.807) is 32.0 Å². The topological polar surface area (TPSA) is 282 Å². The third-order valence-corrected chi connectivity index (χ3v) is 29.7. The Balaban J connectivity index is 0.000000126. The first-order valence-corrected chi connectivity index (χ1v) is 49.9. The van der Waals surface area contributed by atoms with Crippen LogP contribution in [0, 0.1) is 23.7 Å². The molecule has 0 bridgehead atoms. The zero-order valence-corrected chi connectivity index (χ0v) is 79.8. The summed E-state index contributed by atoms with van der Waals surface area (Å²) in [5.41, 5.74) is 6.21. The van der Waals surface area contributed by atoms with Crippen LogP contribution >= 0.6 is 0 Å². The Hall–Kier alpha value is -11.8. The second kappa shape index (κ2) is 43.7. The summed E-state index contributed by atoms with van der Waals surface area (Å²) in [5.74, 6) is 5.57. The van der Waals surface area contributed by atoms with Crippen molar-refractivity contribution in [2.75, 3.05) is 92.9 Å². The van der Waals surface area contributed by atoms with E-state index < -0.39 is 5.60 Å². The minimum absolute atomic E-state index is 0.00511. The Morgan fingerprint density at radius 1 is 0.331 bits per heavy atom. The summed E-state index contributed by atoms with van der Waals surface area (Å²) in [7, 11) is 4.40. The molecule has 0 radical (unpaired) electrons. The van der Waals surface area contributed by atoms with Gasteiger partial charge in [0.1, 0.15) is 97.2 Å². The van der Waals surface area contributed by atoms with E-state index in [9.17, 15) is 47.9 Å². The highest BCUT2D eigenvalue weighted by atomic mass is 16.6. The van der Waals surface area contributed by atoms with Gasteiger partial charge in [0.15, 0.2) is 0 Å². The predicted molar refractivity (Wildman–Crippen MR) is 526 cm³/mol. The highest BCUT2D eigenvalue weighted by molar-refractivity contribution is 6.16. The highest BCUT2D eigenvalue weighted by Crippen LogP contribution is 2.46. The van der Waals surface area contributed by atoms with Crippen LogP contribution in [0.3, 0.4) is 0 Å². The fourth-order valence-corrected chi connectivity index (χ4v) is 21.9. The van der Waals surface area contributed by atoms with Crippen LogP contribution in [0.25, 0.3) is 87.0 Å². The van der Waals surface area contributed by atoms with Crippen LogP contribution < -0.4 is 18.9 Å². The normalized spacial score (nSPS) is 20.2. The Labute approximate surface area is 794 Å². The summed E-state index contributed by atoms with van der Waals surface area (Å²) in [6, 6.07) is 40.4. The number of ketones is 8. The fourth-order valence-electron chi connectivity index (χ4n) is 21.9. The zero-order valence-electron chi connectivity index (χ0n) is 79.8. The first kappa shape index (κ1) is 95.9. The second-order valence-corrected chi connectivity index (χ2v) is 40.5. The summed E-state index contributed by atoms with van der Waals surface area (Å²) in [6.07, 6.45) is 28.9. The predicted octanol–water partition coefficient (Wildman–Crippen LogP) is 23.2. The molecule has 4 aliphatic heterocycles. The SMILES string of the molecule is CC(=O)N1CCC(CCCOc2ccc3c(ccc4occ([C@@H]5CCC(=O)CC5=O)c43)c2)CC1.CC(C)(C)OC(=O)N1CCC(CCCOc2ccc3c(ccc4occ([C@H]5CCC(=O)CC5=O)c43)c2)CC1.CN1CCC(CCCOc2ccc3c(ccc4occ([C@@H]5CCC(=O)CC5=O)c43)c2)CC1.CN1CCC(CCCOc2ccc3c(ccc4occ([C@H]5CCC(=O)CC5=O)c43)c2)CC1. The van der Waals surface area contributed by atoms with E-state index in [4.69, 9.17) is 41.4 Å². The van der Waals surface area contributed by atoms with E-state index in [1.807, 2.05) is 128 Å². The Morgan fingerprint density at radius 2 is 0.581 bits per heavy atom. The number of ether oxygens (including phenoxy) is 5.